The summed E-state index contributed by atoms with van der Waals surface area (Å²) in [7, 11) is 0. The van der Waals surface area contributed by atoms with E-state index in [1.807, 2.05) is 17.8 Å². The molecule has 1 aliphatic heterocycles. The lowest BCUT2D eigenvalue weighted by Gasteiger charge is -2.29. The van der Waals surface area contributed by atoms with Crippen LogP contribution in [0.5, 0.6) is 0 Å². The molecule has 1 atom stereocenters. The van der Waals surface area contributed by atoms with Gasteiger partial charge in [-0.3, -0.25) is 15.1 Å². The fourth-order valence-corrected chi connectivity index (χ4v) is 2.99. The molecule has 17 heavy (non-hydrogen) atoms. The van der Waals surface area contributed by atoms with Gasteiger partial charge in [0.1, 0.15) is 5.76 Å². The standard InChI is InChI=1S/C11H17N3O2S/c1-8-6-14(4-5-17-8)7-9-2-3-10(16-9)11(15)13-12/h2-3,8H,4-7,12H2,1H3,(H,13,15). The van der Waals surface area contributed by atoms with Gasteiger partial charge in [-0.2, -0.15) is 11.8 Å². The summed E-state index contributed by atoms with van der Waals surface area (Å²) in [5.74, 6) is 6.88. The number of furan rings is 1. The second-order valence-corrected chi connectivity index (χ2v) is 5.70. The maximum absolute atomic E-state index is 11.2. The number of carbonyl (C=O) groups excluding carboxylic acids is 1. The third kappa shape index (κ3) is 3.24. The van der Waals surface area contributed by atoms with E-state index in [9.17, 15) is 4.79 Å². The van der Waals surface area contributed by atoms with Crippen LogP contribution < -0.4 is 11.3 Å². The first-order valence-electron chi connectivity index (χ1n) is 5.62. The van der Waals surface area contributed by atoms with Gasteiger partial charge in [0, 0.05) is 24.1 Å². The van der Waals surface area contributed by atoms with E-state index >= 15 is 0 Å². The van der Waals surface area contributed by atoms with Gasteiger partial charge in [-0.1, -0.05) is 6.92 Å². The van der Waals surface area contributed by atoms with Crippen LogP contribution in [0.15, 0.2) is 16.5 Å². The number of nitrogens with zero attached hydrogens (tertiary/aromatic N) is 1. The van der Waals surface area contributed by atoms with Gasteiger partial charge < -0.3 is 4.42 Å². The molecule has 1 unspecified atom stereocenters. The molecule has 0 saturated carbocycles. The zero-order valence-corrected chi connectivity index (χ0v) is 10.6. The number of amides is 1. The van der Waals surface area contributed by atoms with Crippen LogP contribution in [-0.2, 0) is 6.54 Å². The monoisotopic (exact) mass is 255 g/mol. The van der Waals surface area contributed by atoms with E-state index < -0.39 is 0 Å². The first kappa shape index (κ1) is 12.5. The molecule has 3 N–H and O–H groups in total. The van der Waals surface area contributed by atoms with Gasteiger partial charge in [0.05, 0.1) is 6.54 Å². The Kier molecular flexibility index (Phi) is 4.09. The van der Waals surface area contributed by atoms with Crippen molar-refractivity contribution < 1.29 is 9.21 Å². The number of carbonyl (C=O) groups is 1. The Labute approximate surface area is 105 Å². The first-order chi connectivity index (χ1) is 8.19. The molecule has 1 saturated heterocycles. The van der Waals surface area contributed by atoms with Gasteiger partial charge in [-0.25, -0.2) is 5.84 Å². The fraction of sp³-hybridized carbons (Fsp3) is 0.545. The predicted molar refractivity (Wildman–Crippen MR) is 67.6 cm³/mol. The number of hydrogen-bond donors (Lipinski definition) is 2. The molecule has 2 heterocycles. The highest BCUT2D eigenvalue weighted by molar-refractivity contribution is 7.99. The molecular weight excluding hydrogens is 238 g/mol. The summed E-state index contributed by atoms with van der Waals surface area (Å²) >= 11 is 1.99. The summed E-state index contributed by atoms with van der Waals surface area (Å²) < 4.78 is 5.43. The molecule has 94 valence electrons. The minimum absolute atomic E-state index is 0.266. The maximum Gasteiger partial charge on any atom is 0.300 e. The number of hydrogen-bond acceptors (Lipinski definition) is 5. The molecule has 1 aromatic heterocycles. The maximum atomic E-state index is 11.2. The van der Waals surface area contributed by atoms with Crippen LogP contribution in [0.3, 0.4) is 0 Å². The van der Waals surface area contributed by atoms with E-state index in [-0.39, 0.29) is 11.7 Å². The van der Waals surface area contributed by atoms with Crippen LogP contribution >= 0.6 is 11.8 Å². The minimum Gasteiger partial charge on any atom is -0.455 e. The highest BCUT2D eigenvalue weighted by atomic mass is 32.2. The minimum atomic E-state index is -0.390. The molecule has 2 rings (SSSR count). The number of nitrogen functional groups attached to an aromatic ring is 1. The fourth-order valence-electron chi connectivity index (χ4n) is 1.91. The normalized spacial score (nSPS) is 21.4. The Morgan fingerprint density at radius 2 is 2.53 bits per heavy atom. The molecule has 0 aromatic carbocycles. The van der Waals surface area contributed by atoms with Crippen LogP contribution in [0.4, 0.5) is 0 Å². The lowest BCUT2D eigenvalue weighted by molar-refractivity contribution is 0.0922. The molecule has 0 radical (unpaired) electrons. The van der Waals surface area contributed by atoms with Crippen LogP contribution in [0.1, 0.15) is 23.2 Å². The van der Waals surface area contributed by atoms with E-state index in [1.165, 1.54) is 0 Å². The van der Waals surface area contributed by atoms with Crippen molar-refractivity contribution in [2.75, 3.05) is 18.8 Å². The summed E-state index contributed by atoms with van der Waals surface area (Å²) in [5.41, 5.74) is 2.06. The molecule has 5 nitrogen and oxygen atoms in total. The van der Waals surface area contributed by atoms with E-state index in [0.29, 0.717) is 5.25 Å². The third-order valence-electron chi connectivity index (χ3n) is 2.72. The van der Waals surface area contributed by atoms with E-state index in [0.717, 1.165) is 31.1 Å². The molecule has 0 bridgehead atoms. The molecule has 0 aliphatic carbocycles. The van der Waals surface area contributed by atoms with Crippen LogP contribution in [0.25, 0.3) is 0 Å². The van der Waals surface area contributed by atoms with Crippen LogP contribution in [0, 0.1) is 0 Å². The summed E-state index contributed by atoms with van der Waals surface area (Å²) in [6.07, 6.45) is 0. The van der Waals surface area contributed by atoms with Crippen molar-refractivity contribution in [3.63, 3.8) is 0 Å². The van der Waals surface area contributed by atoms with Crippen molar-refractivity contribution in [2.45, 2.75) is 18.7 Å². The SMILES string of the molecule is CC1CN(Cc2ccc(C(=O)NN)o2)CCS1. The summed E-state index contributed by atoms with van der Waals surface area (Å²) in [5, 5.41) is 0.658. The van der Waals surface area contributed by atoms with E-state index in [2.05, 4.69) is 17.2 Å². The Morgan fingerprint density at radius 1 is 1.71 bits per heavy atom. The van der Waals surface area contributed by atoms with Crippen molar-refractivity contribution in [3.05, 3.63) is 23.7 Å². The summed E-state index contributed by atoms with van der Waals surface area (Å²) in [6.45, 7) is 5.10. The average Bonchev–Trinajstić information content (AvgIpc) is 2.76. The lowest BCUT2D eigenvalue weighted by atomic mass is 10.3. The highest BCUT2D eigenvalue weighted by Gasteiger charge is 2.18. The topological polar surface area (TPSA) is 71.5 Å². The van der Waals surface area contributed by atoms with Crippen molar-refractivity contribution in [1.82, 2.24) is 10.3 Å². The molecular formula is C11H17N3O2S. The van der Waals surface area contributed by atoms with Gasteiger partial charge >= 0.3 is 5.91 Å². The number of rotatable bonds is 3. The van der Waals surface area contributed by atoms with Crippen LogP contribution in [0.2, 0.25) is 0 Å². The molecule has 1 amide bonds. The molecule has 1 aliphatic rings. The second kappa shape index (κ2) is 5.57. The largest absolute Gasteiger partial charge is 0.455 e. The van der Waals surface area contributed by atoms with Gasteiger partial charge in [-0.15, -0.1) is 0 Å². The van der Waals surface area contributed by atoms with Crippen molar-refractivity contribution in [1.29, 1.82) is 0 Å². The quantitative estimate of drug-likeness (QED) is 0.475. The Morgan fingerprint density at radius 3 is 3.24 bits per heavy atom. The molecule has 6 heteroatoms. The first-order valence-corrected chi connectivity index (χ1v) is 6.67. The van der Waals surface area contributed by atoms with Crippen molar-refractivity contribution in [3.8, 4) is 0 Å². The number of nitrogens with one attached hydrogen (secondary N) is 1. The van der Waals surface area contributed by atoms with Gasteiger partial charge in [0.2, 0.25) is 0 Å². The Bertz CT molecular complexity index is 394. The smallest absolute Gasteiger partial charge is 0.300 e. The zero-order valence-electron chi connectivity index (χ0n) is 9.81. The molecule has 1 fully saturated rings. The summed E-state index contributed by atoms with van der Waals surface area (Å²) in [6, 6.07) is 3.48. The zero-order chi connectivity index (χ0) is 12.3. The summed E-state index contributed by atoms with van der Waals surface area (Å²) in [4.78, 5) is 13.6. The Balaban J connectivity index is 1.94. The van der Waals surface area contributed by atoms with Crippen molar-refractivity contribution in [2.24, 2.45) is 5.84 Å². The molecule has 1 aromatic rings. The average molecular weight is 255 g/mol. The number of thioether (sulfide) groups is 1. The lowest BCUT2D eigenvalue weighted by Crippen LogP contribution is -2.35. The predicted octanol–water partition coefficient (Wildman–Crippen LogP) is 0.820. The number of nitrogens with two attached hydrogens (primary N) is 1. The number of hydrazine groups is 1. The third-order valence-corrected chi connectivity index (χ3v) is 3.86. The van der Waals surface area contributed by atoms with Crippen LogP contribution in [-0.4, -0.2) is 34.9 Å². The molecule has 0 spiro atoms. The Hall–Kier alpha value is -0.980. The van der Waals surface area contributed by atoms with E-state index in [1.54, 1.807) is 6.07 Å². The second-order valence-electron chi connectivity index (χ2n) is 4.16. The highest BCUT2D eigenvalue weighted by Crippen LogP contribution is 2.20. The van der Waals surface area contributed by atoms with Gasteiger partial charge in [0.15, 0.2) is 5.76 Å². The van der Waals surface area contributed by atoms with Crippen molar-refractivity contribution >= 4 is 17.7 Å². The van der Waals surface area contributed by atoms with Gasteiger partial charge in [-0.05, 0) is 12.1 Å². The van der Waals surface area contributed by atoms with Gasteiger partial charge in [0.25, 0.3) is 0 Å². The van der Waals surface area contributed by atoms with E-state index in [4.69, 9.17) is 10.3 Å².